The standard InChI is InChI=1S/C16H34O10S/c1-3-19-4-5-20-6-7-21-8-9-22-10-11-23-12-13-24-14-15-25-16-26-27(2,17)18/h3-16H2,1-2H3. The third-order valence-electron chi connectivity index (χ3n) is 2.78. The van der Waals surface area contributed by atoms with Gasteiger partial charge in [0.25, 0.3) is 10.1 Å². The molecule has 0 saturated carbocycles. The van der Waals surface area contributed by atoms with Crippen molar-refractivity contribution in [1.29, 1.82) is 0 Å². The van der Waals surface area contributed by atoms with Crippen LogP contribution in [-0.4, -0.2) is 107 Å². The van der Waals surface area contributed by atoms with Gasteiger partial charge in [-0.05, 0) is 6.92 Å². The van der Waals surface area contributed by atoms with Crippen LogP contribution in [0.25, 0.3) is 0 Å². The molecule has 0 aromatic heterocycles. The highest BCUT2D eigenvalue weighted by Crippen LogP contribution is 1.88. The van der Waals surface area contributed by atoms with Crippen molar-refractivity contribution in [2.75, 3.05) is 98.9 Å². The summed E-state index contributed by atoms with van der Waals surface area (Å²) in [6.45, 7) is 8.04. The van der Waals surface area contributed by atoms with E-state index in [4.69, 9.17) is 33.2 Å². The Morgan fingerprint density at radius 3 is 1.11 bits per heavy atom. The van der Waals surface area contributed by atoms with Crippen LogP contribution in [0.1, 0.15) is 6.92 Å². The van der Waals surface area contributed by atoms with E-state index < -0.39 is 10.1 Å². The maximum Gasteiger partial charge on any atom is 0.266 e. The van der Waals surface area contributed by atoms with Gasteiger partial charge in [-0.2, -0.15) is 8.42 Å². The normalized spacial score (nSPS) is 11.9. The minimum atomic E-state index is -3.46. The molecule has 0 fully saturated rings. The van der Waals surface area contributed by atoms with Crippen LogP contribution >= 0.6 is 0 Å². The predicted molar refractivity (Wildman–Crippen MR) is 97.3 cm³/mol. The molecule has 164 valence electrons. The lowest BCUT2D eigenvalue weighted by Crippen LogP contribution is -2.15. The van der Waals surface area contributed by atoms with E-state index in [1.807, 2.05) is 6.92 Å². The minimum Gasteiger partial charge on any atom is -0.379 e. The second-order valence-corrected chi connectivity index (χ2v) is 6.75. The lowest BCUT2D eigenvalue weighted by Gasteiger charge is -2.08. The van der Waals surface area contributed by atoms with Gasteiger partial charge < -0.3 is 33.2 Å². The van der Waals surface area contributed by atoms with Crippen molar-refractivity contribution in [2.45, 2.75) is 6.92 Å². The van der Waals surface area contributed by atoms with Gasteiger partial charge >= 0.3 is 0 Å². The largest absolute Gasteiger partial charge is 0.379 e. The number of hydrogen-bond acceptors (Lipinski definition) is 10. The van der Waals surface area contributed by atoms with Gasteiger partial charge in [0.15, 0.2) is 6.79 Å². The molecule has 0 amide bonds. The molecule has 0 aromatic rings. The van der Waals surface area contributed by atoms with Crippen molar-refractivity contribution in [3.63, 3.8) is 0 Å². The van der Waals surface area contributed by atoms with E-state index >= 15 is 0 Å². The zero-order chi connectivity index (χ0) is 20.1. The molecule has 0 aliphatic heterocycles. The fourth-order valence-corrected chi connectivity index (χ4v) is 1.78. The summed E-state index contributed by atoms with van der Waals surface area (Å²) in [5.41, 5.74) is 0. The maximum atomic E-state index is 10.7. The molecule has 0 aliphatic rings. The minimum absolute atomic E-state index is 0.246. The molecule has 10 nitrogen and oxygen atoms in total. The quantitative estimate of drug-likeness (QED) is 0.136. The second-order valence-electron chi connectivity index (χ2n) is 5.11. The van der Waals surface area contributed by atoms with E-state index in [9.17, 15) is 8.42 Å². The first-order chi connectivity index (χ1) is 13.1. The molecule has 0 atom stereocenters. The molecule has 0 N–H and O–H groups in total. The van der Waals surface area contributed by atoms with Gasteiger partial charge in [-0.15, -0.1) is 0 Å². The van der Waals surface area contributed by atoms with E-state index in [-0.39, 0.29) is 13.4 Å². The predicted octanol–water partition coefficient (Wildman–Crippen LogP) is 0.0562. The van der Waals surface area contributed by atoms with Gasteiger partial charge in [-0.1, -0.05) is 0 Å². The van der Waals surface area contributed by atoms with Crippen LogP contribution < -0.4 is 0 Å². The summed E-state index contributed by atoms with van der Waals surface area (Å²) in [7, 11) is -3.46. The molecule has 0 bridgehead atoms. The highest BCUT2D eigenvalue weighted by atomic mass is 32.2. The molecule has 0 rings (SSSR count). The molecule has 11 heteroatoms. The maximum absolute atomic E-state index is 10.7. The summed E-state index contributed by atoms with van der Waals surface area (Å²) in [6, 6.07) is 0. The van der Waals surface area contributed by atoms with Crippen LogP contribution in [0, 0.1) is 0 Å². The Hall–Kier alpha value is -0.370. The first-order valence-electron chi connectivity index (χ1n) is 8.95. The molecule has 0 aromatic carbocycles. The second kappa shape index (κ2) is 20.4. The third kappa shape index (κ3) is 25.6. The molecule has 0 spiro atoms. The Balaban J connectivity index is 3.03. The van der Waals surface area contributed by atoms with Gasteiger partial charge in [0, 0.05) is 6.61 Å². The molecule has 0 radical (unpaired) electrons. The monoisotopic (exact) mass is 418 g/mol. The Morgan fingerprint density at radius 1 is 0.519 bits per heavy atom. The molecule has 27 heavy (non-hydrogen) atoms. The van der Waals surface area contributed by atoms with Gasteiger partial charge in [0.1, 0.15) is 0 Å². The molecular weight excluding hydrogens is 384 g/mol. The number of rotatable bonds is 22. The zero-order valence-corrected chi connectivity index (χ0v) is 17.2. The molecule has 0 heterocycles. The van der Waals surface area contributed by atoms with Crippen molar-refractivity contribution in [3.8, 4) is 0 Å². The Kier molecular flexibility index (Phi) is 20.1. The zero-order valence-electron chi connectivity index (χ0n) is 16.4. The van der Waals surface area contributed by atoms with Crippen LogP contribution in [0.15, 0.2) is 0 Å². The fourth-order valence-electron chi connectivity index (χ4n) is 1.54. The Morgan fingerprint density at radius 2 is 0.815 bits per heavy atom. The SMILES string of the molecule is CCOCCOCCOCCOCCOCCOCCOCOS(C)(=O)=O. The first-order valence-corrected chi connectivity index (χ1v) is 10.8. The highest BCUT2D eigenvalue weighted by Gasteiger charge is 2.00. The van der Waals surface area contributed by atoms with Gasteiger partial charge in [-0.25, -0.2) is 4.18 Å². The van der Waals surface area contributed by atoms with Gasteiger partial charge in [-0.3, -0.25) is 0 Å². The van der Waals surface area contributed by atoms with Crippen molar-refractivity contribution in [2.24, 2.45) is 0 Å². The Bertz CT molecular complexity index is 391. The smallest absolute Gasteiger partial charge is 0.266 e. The Labute approximate surface area is 162 Å². The fraction of sp³-hybridized carbons (Fsp3) is 1.00. The first kappa shape index (κ1) is 26.6. The van der Waals surface area contributed by atoms with Crippen LogP contribution in [0.4, 0.5) is 0 Å². The molecule has 0 aliphatic carbocycles. The summed E-state index contributed by atoms with van der Waals surface area (Å²) < 4.78 is 62.4. The van der Waals surface area contributed by atoms with Crippen LogP contribution in [0.5, 0.6) is 0 Å². The van der Waals surface area contributed by atoms with Crippen molar-refractivity contribution in [3.05, 3.63) is 0 Å². The summed E-state index contributed by atoms with van der Waals surface area (Å²) >= 11 is 0. The van der Waals surface area contributed by atoms with Gasteiger partial charge in [0.2, 0.25) is 0 Å². The molecular formula is C16H34O10S. The number of ether oxygens (including phenoxy) is 7. The average molecular weight is 419 g/mol. The van der Waals surface area contributed by atoms with Crippen LogP contribution in [0.3, 0.4) is 0 Å². The summed E-state index contributed by atoms with van der Waals surface area (Å²) in [5, 5.41) is 0. The summed E-state index contributed by atoms with van der Waals surface area (Å²) in [4.78, 5) is 0. The van der Waals surface area contributed by atoms with E-state index in [1.165, 1.54) is 0 Å². The van der Waals surface area contributed by atoms with Gasteiger partial charge in [0.05, 0.1) is 85.5 Å². The molecule has 0 saturated heterocycles. The lowest BCUT2D eigenvalue weighted by atomic mass is 10.7. The summed E-state index contributed by atoms with van der Waals surface area (Å²) in [6.07, 6.45) is 0.961. The van der Waals surface area contributed by atoms with E-state index in [0.29, 0.717) is 79.3 Å². The average Bonchev–Trinajstić information content (AvgIpc) is 2.62. The van der Waals surface area contributed by atoms with Crippen LogP contribution in [-0.2, 0) is 47.5 Å². The van der Waals surface area contributed by atoms with E-state index in [0.717, 1.165) is 6.26 Å². The highest BCUT2D eigenvalue weighted by molar-refractivity contribution is 7.85. The summed E-state index contributed by atoms with van der Waals surface area (Å²) in [5.74, 6) is 0. The number of hydrogen-bond donors (Lipinski definition) is 0. The van der Waals surface area contributed by atoms with E-state index in [1.54, 1.807) is 0 Å². The topological polar surface area (TPSA) is 108 Å². The molecule has 0 unspecified atom stereocenters. The third-order valence-corrected chi connectivity index (χ3v) is 3.31. The van der Waals surface area contributed by atoms with Crippen molar-refractivity contribution >= 4 is 10.1 Å². The van der Waals surface area contributed by atoms with Crippen molar-refractivity contribution < 1.29 is 45.8 Å². The lowest BCUT2D eigenvalue weighted by molar-refractivity contribution is -0.0327. The van der Waals surface area contributed by atoms with Crippen LogP contribution in [0.2, 0.25) is 0 Å². The van der Waals surface area contributed by atoms with Crippen molar-refractivity contribution in [1.82, 2.24) is 0 Å². The van der Waals surface area contributed by atoms with E-state index in [2.05, 4.69) is 4.18 Å².